The molecule has 0 aliphatic rings. The van der Waals surface area contributed by atoms with Crippen LogP contribution in [0.25, 0.3) is 0 Å². The summed E-state index contributed by atoms with van der Waals surface area (Å²) in [6.45, 7) is 7.80. The van der Waals surface area contributed by atoms with E-state index in [0.29, 0.717) is 6.61 Å². The van der Waals surface area contributed by atoms with Crippen LogP contribution in [0, 0.1) is 13.8 Å². The number of benzene rings is 1. The van der Waals surface area contributed by atoms with Crippen molar-refractivity contribution in [1.29, 1.82) is 0 Å². The van der Waals surface area contributed by atoms with Gasteiger partial charge in [-0.3, -0.25) is 0 Å². The first kappa shape index (κ1) is 14.8. The van der Waals surface area contributed by atoms with Gasteiger partial charge in [0.2, 0.25) is 0 Å². The van der Waals surface area contributed by atoms with Gasteiger partial charge in [-0.15, -0.1) is 0 Å². The zero-order valence-electron chi connectivity index (χ0n) is 12.7. The molecule has 0 saturated carbocycles. The van der Waals surface area contributed by atoms with Gasteiger partial charge in [-0.05, 0) is 49.2 Å². The topological polar surface area (TPSA) is 34.4 Å². The number of furan rings is 1. The van der Waals surface area contributed by atoms with Crippen molar-refractivity contribution in [3.63, 3.8) is 0 Å². The summed E-state index contributed by atoms with van der Waals surface area (Å²) in [6, 6.07) is 10.5. The van der Waals surface area contributed by atoms with E-state index in [-0.39, 0.29) is 6.04 Å². The molecule has 108 valence electrons. The van der Waals surface area contributed by atoms with Crippen molar-refractivity contribution in [1.82, 2.24) is 5.32 Å². The van der Waals surface area contributed by atoms with Crippen LogP contribution in [0.1, 0.15) is 41.2 Å². The third kappa shape index (κ3) is 3.11. The normalized spacial score (nSPS) is 12.6. The second-order valence-electron chi connectivity index (χ2n) is 5.02. The van der Waals surface area contributed by atoms with Crippen molar-refractivity contribution >= 4 is 0 Å². The van der Waals surface area contributed by atoms with E-state index in [2.05, 4.69) is 44.3 Å². The first-order valence-corrected chi connectivity index (χ1v) is 7.04. The van der Waals surface area contributed by atoms with Gasteiger partial charge >= 0.3 is 0 Å². The largest absolute Gasteiger partial charge is 0.462 e. The van der Waals surface area contributed by atoms with Crippen molar-refractivity contribution < 1.29 is 9.15 Å². The summed E-state index contributed by atoms with van der Waals surface area (Å²) in [5.74, 6) is 1.79. The molecule has 0 bridgehead atoms. The average molecular weight is 273 g/mol. The van der Waals surface area contributed by atoms with Crippen LogP contribution in [0.2, 0.25) is 0 Å². The molecule has 2 rings (SSSR count). The van der Waals surface area contributed by atoms with Gasteiger partial charge in [-0.25, -0.2) is 0 Å². The Bertz CT molecular complexity index is 560. The lowest BCUT2D eigenvalue weighted by molar-refractivity contribution is 0.162. The summed E-state index contributed by atoms with van der Waals surface area (Å²) in [6.07, 6.45) is 0. The van der Waals surface area contributed by atoms with Gasteiger partial charge in [0.15, 0.2) is 0 Å². The predicted octanol–water partition coefficient (Wildman–Crippen LogP) is 3.74. The van der Waals surface area contributed by atoms with E-state index in [0.717, 1.165) is 18.1 Å². The van der Waals surface area contributed by atoms with Gasteiger partial charge in [-0.2, -0.15) is 0 Å². The van der Waals surface area contributed by atoms with E-state index in [1.807, 2.05) is 12.1 Å². The summed E-state index contributed by atoms with van der Waals surface area (Å²) in [7, 11) is 1.68. The van der Waals surface area contributed by atoms with Crippen LogP contribution in [0.3, 0.4) is 0 Å². The number of hydrogen-bond donors (Lipinski definition) is 1. The highest BCUT2D eigenvalue weighted by Crippen LogP contribution is 2.28. The SMILES string of the molecule is CCNC(c1ccc(COC)o1)c1cccc(C)c1C. The standard InChI is InChI=1S/C17H23NO2/c1-5-18-17(15-8-6-7-12(2)13(15)3)16-10-9-14(20-16)11-19-4/h6-10,17-18H,5,11H2,1-4H3. The molecule has 1 unspecified atom stereocenters. The van der Waals surface area contributed by atoms with Gasteiger partial charge in [0.1, 0.15) is 18.1 Å². The summed E-state index contributed by atoms with van der Waals surface area (Å²) < 4.78 is 11.0. The lowest BCUT2D eigenvalue weighted by atomic mass is 9.96. The van der Waals surface area contributed by atoms with Gasteiger partial charge in [-0.1, -0.05) is 25.1 Å². The lowest BCUT2D eigenvalue weighted by Gasteiger charge is -2.19. The van der Waals surface area contributed by atoms with Crippen molar-refractivity contribution in [3.05, 3.63) is 58.5 Å². The number of nitrogens with one attached hydrogen (secondary N) is 1. The summed E-state index contributed by atoms with van der Waals surface area (Å²) in [5.41, 5.74) is 3.88. The Balaban J connectivity index is 2.36. The highest BCUT2D eigenvalue weighted by Gasteiger charge is 2.19. The molecule has 1 heterocycles. The molecular weight excluding hydrogens is 250 g/mol. The Kier molecular flexibility index (Phi) is 4.99. The fourth-order valence-corrected chi connectivity index (χ4v) is 2.42. The monoisotopic (exact) mass is 273 g/mol. The van der Waals surface area contributed by atoms with Crippen LogP contribution >= 0.6 is 0 Å². The van der Waals surface area contributed by atoms with Gasteiger partial charge in [0, 0.05) is 7.11 Å². The molecule has 0 saturated heterocycles. The molecule has 1 aromatic carbocycles. The van der Waals surface area contributed by atoms with Gasteiger partial charge < -0.3 is 14.5 Å². The quantitative estimate of drug-likeness (QED) is 0.870. The highest BCUT2D eigenvalue weighted by molar-refractivity contribution is 5.38. The molecule has 0 aliphatic carbocycles. The zero-order chi connectivity index (χ0) is 14.5. The van der Waals surface area contributed by atoms with Gasteiger partial charge in [0.25, 0.3) is 0 Å². The first-order valence-electron chi connectivity index (χ1n) is 7.04. The molecule has 3 nitrogen and oxygen atoms in total. The van der Waals surface area contributed by atoms with Crippen molar-refractivity contribution in [3.8, 4) is 0 Å². The van der Waals surface area contributed by atoms with Crippen LogP contribution in [0.4, 0.5) is 0 Å². The van der Waals surface area contributed by atoms with E-state index in [9.17, 15) is 0 Å². The van der Waals surface area contributed by atoms with Crippen LogP contribution in [0.5, 0.6) is 0 Å². The van der Waals surface area contributed by atoms with Gasteiger partial charge in [0.05, 0.1) is 6.04 Å². The number of aryl methyl sites for hydroxylation is 1. The Labute approximate surface area is 121 Å². The summed E-state index contributed by atoms with van der Waals surface area (Å²) in [5, 5.41) is 3.50. The molecule has 1 atom stereocenters. The molecule has 20 heavy (non-hydrogen) atoms. The summed E-state index contributed by atoms with van der Waals surface area (Å²) in [4.78, 5) is 0. The zero-order valence-corrected chi connectivity index (χ0v) is 12.7. The predicted molar refractivity (Wildman–Crippen MR) is 80.9 cm³/mol. The maximum Gasteiger partial charge on any atom is 0.129 e. The Morgan fingerprint density at radius 2 is 2.00 bits per heavy atom. The minimum absolute atomic E-state index is 0.0884. The Hall–Kier alpha value is -1.58. The second kappa shape index (κ2) is 6.73. The Morgan fingerprint density at radius 3 is 2.70 bits per heavy atom. The molecule has 0 amide bonds. The highest BCUT2D eigenvalue weighted by atomic mass is 16.5. The van der Waals surface area contributed by atoms with Crippen molar-refractivity contribution in [2.24, 2.45) is 0 Å². The fraction of sp³-hybridized carbons (Fsp3) is 0.412. The van der Waals surface area contributed by atoms with E-state index in [4.69, 9.17) is 9.15 Å². The molecule has 2 aromatic rings. The molecule has 0 spiro atoms. The second-order valence-corrected chi connectivity index (χ2v) is 5.02. The average Bonchev–Trinajstić information content (AvgIpc) is 2.88. The molecule has 0 radical (unpaired) electrons. The molecular formula is C17H23NO2. The molecule has 1 N–H and O–H groups in total. The number of ether oxygens (including phenoxy) is 1. The number of rotatable bonds is 6. The Morgan fingerprint density at radius 1 is 1.20 bits per heavy atom. The first-order chi connectivity index (χ1) is 9.67. The molecule has 0 aliphatic heterocycles. The van der Waals surface area contributed by atoms with E-state index < -0.39 is 0 Å². The van der Waals surface area contributed by atoms with E-state index in [1.54, 1.807) is 7.11 Å². The van der Waals surface area contributed by atoms with Crippen molar-refractivity contribution in [2.75, 3.05) is 13.7 Å². The maximum absolute atomic E-state index is 5.90. The molecule has 3 heteroatoms. The molecule has 1 aromatic heterocycles. The lowest BCUT2D eigenvalue weighted by Crippen LogP contribution is -2.22. The minimum atomic E-state index is 0.0884. The minimum Gasteiger partial charge on any atom is -0.462 e. The molecule has 0 fully saturated rings. The van der Waals surface area contributed by atoms with Crippen LogP contribution < -0.4 is 5.32 Å². The van der Waals surface area contributed by atoms with Crippen LogP contribution in [-0.2, 0) is 11.3 Å². The fourth-order valence-electron chi connectivity index (χ4n) is 2.42. The third-order valence-corrected chi connectivity index (χ3v) is 3.62. The smallest absolute Gasteiger partial charge is 0.129 e. The maximum atomic E-state index is 5.90. The van der Waals surface area contributed by atoms with Crippen LogP contribution in [-0.4, -0.2) is 13.7 Å². The number of methoxy groups -OCH3 is 1. The third-order valence-electron chi connectivity index (χ3n) is 3.62. The number of hydrogen-bond acceptors (Lipinski definition) is 3. The van der Waals surface area contributed by atoms with Crippen LogP contribution in [0.15, 0.2) is 34.7 Å². The summed E-state index contributed by atoms with van der Waals surface area (Å²) >= 11 is 0. The van der Waals surface area contributed by atoms with Crippen molar-refractivity contribution in [2.45, 2.75) is 33.4 Å². The van der Waals surface area contributed by atoms with E-state index in [1.165, 1.54) is 16.7 Å². The van der Waals surface area contributed by atoms with E-state index >= 15 is 0 Å².